The van der Waals surface area contributed by atoms with Crippen LogP contribution in [0.25, 0.3) is 0 Å². The molecule has 3 aromatic rings. The molecule has 11 nitrogen and oxygen atoms in total. The number of aromatic nitrogens is 3. The number of hydrogen-bond acceptors (Lipinski definition) is 8. The number of anilines is 2. The van der Waals surface area contributed by atoms with Crippen LogP contribution in [0.1, 0.15) is 54.5 Å². The number of nitrogens with zero attached hydrogens (tertiary/aromatic N) is 5. The SMILES string of the molecule is COC(=O)C1=C(C)N(c2cccc(C(F)(F)F)c2)c2n[nH]c(=O)n2C1c1ccc(C#N)cc1CCC[N+](C)(C)CC1CC1.O=C[O-]. The molecule has 1 aromatic heterocycles. The Morgan fingerprint density at radius 3 is 2.54 bits per heavy atom. The predicted octanol–water partition coefficient (Wildman–Crippen LogP) is 3.44. The quantitative estimate of drug-likeness (QED) is 0.213. The third-order valence-electron chi connectivity index (χ3n) is 8.21. The van der Waals surface area contributed by atoms with E-state index < -0.39 is 35.9 Å². The van der Waals surface area contributed by atoms with Crippen molar-refractivity contribution in [3.05, 3.63) is 86.5 Å². The molecule has 2 aliphatic rings. The minimum Gasteiger partial charge on any atom is -0.554 e. The summed E-state index contributed by atoms with van der Waals surface area (Å²) in [5.74, 6) is 0.0457. The first-order chi connectivity index (χ1) is 21.8. The third-order valence-corrected chi connectivity index (χ3v) is 8.21. The number of benzene rings is 2. The van der Waals surface area contributed by atoms with E-state index in [1.165, 1.54) is 41.6 Å². The fourth-order valence-electron chi connectivity index (χ4n) is 6.03. The molecule has 244 valence electrons. The lowest BCUT2D eigenvalue weighted by atomic mass is 9.88. The highest BCUT2D eigenvalue weighted by molar-refractivity contribution is 5.93. The summed E-state index contributed by atoms with van der Waals surface area (Å²) in [6, 6.07) is 10.9. The Kier molecular flexibility index (Phi) is 10.1. The molecule has 46 heavy (non-hydrogen) atoms. The van der Waals surface area contributed by atoms with Gasteiger partial charge >= 0.3 is 17.8 Å². The second-order valence-corrected chi connectivity index (χ2v) is 12.0. The number of methoxy groups -OCH3 is 1. The minimum absolute atomic E-state index is 0.0250. The zero-order valence-corrected chi connectivity index (χ0v) is 25.9. The number of fused-ring (bicyclic) bond motifs is 1. The van der Waals surface area contributed by atoms with Crippen LogP contribution in [-0.4, -0.2) is 66.0 Å². The van der Waals surface area contributed by atoms with Crippen LogP contribution < -0.4 is 15.7 Å². The normalized spacial score (nSPS) is 16.2. The highest BCUT2D eigenvalue weighted by Crippen LogP contribution is 2.43. The number of hydrogen-bond donors (Lipinski definition) is 1. The number of esters is 1. The van der Waals surface area contributed by atoms with Crippen molar-refractivity contribution in [2.75, 3.05) is 39.2 Å². The molecule has 1 fully saturated rings. The summed E-state index contributed by atoms with van der Waals surface area (Å²) in [6.07, 6.45) is -0.696. The molecule has 0 bridgehead atoms. The lowest BCUT2D eigenvalue weighted by Gasteiger charge is -2.36. The predicted molar refractivity (Wildman–Crippen MR) is 159 cm³/mol. The topological polar surface area (TPSA) is 144 Å². The average molecular weight is 641 g/mol. The van der Waals surface area contributed by atoms with E-state index in [0.717, 1.165) is 47.6 Å². The highest BCUT2D eigenvalue weighted by atomic mass is 19.4. The van der Waals surface area contributed by atoms with Gasteiger partial charge in [0, 0.05) is 30.2 Å². The Balaban J connectivity index is 0.00000154. The van der Waals surface area contributed by atoms with E-state index in [9.17, 15) is 28.0 Å². The molecular weight excluding hydrogens is 605 g/mol. The maximum absolute atomic E-state index is 13.6. The standard InChI is InChI=1S/C31H33F3N6O3.CH2O2/c1-19-26(28(41)43-4)27(25-13-12-21(17-35)15-22(25)7-6-14-40(2,3)18-20-10-11-20)39-29(36-37-30(39)42)38(19)24-9-5-8-23(16-24)31(32,33)34;2-1-3/h5,8-9,12-13,15-16,20,27H,6-7,10-11,14,18H2,1-4H3;1H,(H,2,3). The maximum atomic E-state index is 13.6. The van der Waals surface area contributed by atoms with Gasteiger partial charge in [0.05, 0.1) is 57.1 Å². The van der Waals surface area contributed by atoms with E-state index in [-0.39, 0.29) is 22.9 Å². The van der Waals surface area contributed by atoms with Crippen molar-refractivity contribution < 1.29 is 37.1 Å². The molecule has 1 atom stereocenters. The summed E-state index contributed by atoms with van der Waals surface area (Å²) in [7, 11) is 5.61. The number of nitrogens with one attached hydrogen (secondary N) is 1. The van der Waals surface area contributed by atoms with Gasteiger partial charge < -0.3 is 19.1 Å². The molecule has 2 heterocycles. The summed E-state index contributed by atoms with van der Waals surface area (Å²) < 4.78 is 48.1. The van der Waals surface area contributed by atoms with Crippen LogP contribution in [0.2, 0.25) is 0 Å². The summed E-state index contributed by atoms with van der Waals surface area (Å²) in [5, 5.41) is 24.5. The van der Waals surface area contributed by atoms with Crippen molar-refractivity contribution in [1.29, 1.82) is 5.26 Å². The first kappa shape index (κ1) is 34.0. The molecule has 5 rings (SSSR count). The van der Waals surface area contributed by atoms with Crippen LogP contribution in [-0.2, 0) is 26.9 Å². The van der Waals surface area contributed by atoms with E-state index >= 15 is 0 Å². The number of rotatable bonds is 9. The number of carbonyl (C=O) groups is 2. The Labute approximate surface area is 263 Å². The van der Waals surface area contributed by atoms with Gasteiger partial charge in [-0.05, 0) is 67.6 Å². The van der Waals surface area contributed by atoms with Crippen LogP contribution in [0, 0.1) is 17.2 Å². The van der Waals surface area contributed by atoms with E-state index in [0.29, 0.717) is 17.5 Å². The number of nitriles is 1. The van der Waals surface area contributed by atoms with Crippen molar-refractivity contribution in [1.82, 2.24) is 14.8 Å². The summed E-state index contributed by atoms with van der Waals surface area (Å²) >= 11 is 0. The van der Waals surface area contributed by atoms with Crippen molar-refractivity contribution in [2.24, 2.45) is 5.92 Å². The molecule has 1 saturated carbocycles. The minimum atomic E-state index is -4.61. The first-order valence-electron chi connectivity index (χ1n) is 14.6. The number of alkyl halides is 3. The van der Waals surface area contributed by atoms with Gasteiger partial charge in [0.2, 0.25) is 5.95 Å². The van der Waals surface area contributed by atoms with Gasteiger partial charge in [-0.25, -0.2) is 19.3 Å². The molecule has 1 unspecified atom stereocenters. The second kappa shape index (κ2) is 13.6. The number of H-pyrrole nitrogens is 1. The molecule has 1 aliphatic carbocycles. The van der Waals surface area contributed by atoms with Crippen LogP contribution in [0.15, 0.2) is 58.5 Å². The van der Waals surface area contributed by atoms with E-state index in [4.69, 9.17) is 14.6 Å². The average Bonchev–Trinajstić information content (AvgIpc) is 3.73. The Bertz CT molecular complexity index is 1730. The zero-order chi connectivity index (χ0) is 33.8. The van der Waals surface area contributed by atoms with Gasteiger partial charge in [0.25, 0.3) is 0 Å². The number of halogens is 3. The third kappa shape index (κ3) is 7.31. The lowest BCUT2D eigenvalue weighted by Crippen LogP contribution is -2.42. The van der Waals surface area contributed by atoms with E-state index in [2.05, 4.69) is 30.4 Å². The van der Waals surface area contributed by atoms with Crippen molar-refractivity contribution in [2.45, 2.75) is 44.8 Å². The summed E-state index contributed by atoms with van der Waals surface area (Å²) in [5.41, 5.74) is 0.711. The van der Waals surface area contributed by atoms with Gasteiger partial charge in [0.15, 0.2) is 0 Å². The van der Waals surface area contributed by atoms with Crippen molar-refractivity contribution >= 4 is 24.1 Å². The van der Waals surface area contributed by atoms with Crippen LogP contribution >= 0.6 is 0 Å². The number of quaternary nitrogens is 1. The Morgan fingerprint density at radius 1 is 1.24 bits per heavy atom. The Morgan fingerprint density at radius 2 is 1.93 bits per heavy atom. The molecule has 14 heteroatoms. The van der Waals surface area contributed by atoms with Gasteiger partial charge in [-0.3, -0.25) is 4.90 Å². The second-order valence-electron chi connectivity index (χ2n) is 12.0. The van der Waals surface area contributed by atoms with Crippen LogP contribution in [0.5, 0.6) is 0 Å². The molecule has 1 aliphatic heterocycles. The van der Waals surface area contributed by atoms with Crippen LogP contribution in [0.3, 0.4) is 0 Å². The zero-order valence-electron chi connectivity index (χ0n) is 25.9. The number of aryl methyl sites for hydroxylation is 1. The van der Waals surface area contributed by atoms with Gasteiger partial charge in [-0.1, -0.05) is 12.1 Å². The van der Waals surface area contributed by atoms with Gasteiger partial charge in [-0.15, -0.1) is 5.10 Å². The maximum Gasteiger partial charge on any atom is 0.416 e. The molecule has 0 saturated heterocycles. The number of carbonyl (C=O) groups excluding carboxylic acids is 2. The molecule has 0 spiro atoms. The van der Waals surface area contributed by atoms with E-state index in [1.807, 2.05) is 0 Å². The van der Waals surface area contributed by atoms with Gasteiger partial charge in [0.1, 0.15) is 6.04 Å². The molecule has 2 aromatic carbocycles. The Hall–Kier alpha value is -4.90. The molecule has 0 amide bonds. The van der Waals surface area contributed by atoms with Crippen LogP contribution in [0.4, 0.5) is 24.8 Å². The van der Waals surface area contributed by atoms with E-state index in [1.54, 1.807) is 25.1 Å². The monoisotopic (exact) mass is 640 g/mol. The molecular formula is C32H35F3N6O5. The number of ether oxygens (including phenoxy) is 1. The van der Waals surface area contributed by atoms with Gasteiger partial charge in [-0.2, -0.15) is 18.4 Å². The van der Waals surface area contributed by atoms with Crippen molar-refractivity contribution in [3.8, 4) is 6.07 Å². The fourth-order valence-corrected chi connectivity index (χ4v) is 6.03. The number of carboxylic acid groups (broad SMARTS) is 1. The highest BCUT2D eigenvalue weighted by Gasteiger charge is 2.41. The molecule has 0 radical (unpaired) electrons. The number of aromatic amines is 1. The lowest BCUT2D eigenvalue weighted by molar-refractivity contribution is -0.892. The largest absolute Gasteiger partial charge is 0.554 e. The molecule has 1 N–H and O–H groups in total. The smallest absolute Gasteiger partial charge is 0.416 e. The first-order valence-corrected chi connectivity index (χ1v) is 14.6. The summed E-state index contributed by atoms with van der Waals surface area (Å²) in [4.78, 5) is 36.3. The fraction of sp³-hybridized carbons (Fsp3) is 0.406. The van der Waals surface area contributed by atoms with Crippen molar-refractivity contribution in [3.63, 3.8) is 0 Å². The summed E-state index contributed by atoms with van der Waals surface area (Å²) in [6.45, 7) is 3.08. The number of allylic oxidation sites excluding steroid dienone is 1.